The van der Waals surface area contributed by atoms with Crippen LogP contribution in [0.5, 0.6) is 0 Å². The molecule has 1 aliphatic rings. The van der Waals surface area contributed by atoms with Gasteiger partial charge in [0.15, 0.2) is 0 Å². The molecule has 2 atom stereocenters. The Morgan fingerprint density at radius 2 is 2.16 bits per heavy atom. The van der Waals surface area contributed by atoms with E-state index in [0.717, 1.165) is 24.9 Å². The highest BCUT2D eigenvalue weighted by molar-refractivity contribution is 5.75. The van der Waals surface area contributed by atoms with Crippen molar-refractivity contribution in [2.45, 2.75) is 58.3 Å². The number of nitrogens with zero attached hydrogens (tertiary/aromatic N) is 2. The van der Waals surface area contributed by atoms with Crippen molar-refractivity contribution in [3.8, 4) is 0 Å². The molecule has 2 unspecified atom stereocenters. The highest BCUT2D eigenvalue weighted by Gasteiger charge is 2.23. The van der Waals surface area contributed by atoms with Crippen LogP contribution in [0.15, 0.2) is 24.3 Å². The summed E-state index contributed by atoms with van der Waals surface area (Å²) in [7, 11) is 0. The predicted octanol–water partition coefficient (Wildman–Crippen LogP) is 3.56. The monoisotopic (exact) mass is 258 g/mol. The highest BCUT2D eigenvalue weighted by atomic mass is 16.5. The number of rotatable bonds is 4. The number of fused-ring (bicyclic) bond motifs is 1. The number of aromatic nitrogens is 2. The SMILES string of the molecule is CCCc1nc2ccccc2n1CC1CCC(C)O1. The Labute approximate surface area is 114 Å². The van der Waals surface area contributed by atoms with Gasteiger partial charge < -0.3 is 9.30 Å². The Morgan fingerprint density at radius 1 is 1.32 bits per heavy atom. The molecule has 1 fully saturated rings. The van der Waals surface area contributed by atoms with Gasteiger partial charge in [0.2, 0.25) is 0 Å². The average molecular weight is 258 g/mol. The van der Waals surface area contributed by atoms with Gasteiger partial charge in [0.05, 0.1) is 29.8 Å². The summed E-state index contributed by atoms with van der Waals surface area (Å²) < 4.78 is 8.33. The summed E-state index contributed by atoms with van der Waals surface area (Å²) in [6, 6.07) is 8.42. The number of hydrogen-bond donors (Lipinski definition) is 0. The van der Waals surface area contributed by atoms with Gasteiger partial charge in [-0.1, -0.05) is 19.1 Å². The molecule has 3 heteroatoms. The zero-order valence-corrected chi connectivity index (χ0v) is 11.8. The van der Waals surface area contributed by atoms with Crippen LogP contribution in [0.25, 0.3) is 11.0 Å². The number of aryl methyl sites for hydroxylation is 1. The average Bonchev–Trinajstić information content (AvgIpc) is 2.96. The van der Waals surface area contributed by atoms with Crippen LogP contribution in [0, 0.1) is 0 Å². The van der Waals surface area contributed by atoms with E-state index in [4.69, 9.17) is 9.72 Å². The normalized spacial score (nSPS) is 23.3. The van der Waals surface area contributed by atoms with Gasteiger partial charge in [-0.3, -0.25) is 0 Å². The second-order valence-corrected chi connectivity index (χ2v) is 5.52. The van der Waals surface area contributed by atoms with Crippen LogP contribution in [0.2, 0.25) is 0 Å². The molecule has 3 nitrogen and oxygen atoms in total. The first-order valence-electron chi connectivity index (χ1n) is 7.37. The van der Waals surface area contributed by atoms with Crippen molar-refractivity contribution in [2.24, 2.45) is 0 Å². The molecule has 0 bridgehead atoms. The van der Waals surface area contributed by atoms with E-state index in [0.29, 0.717) is 12.2 Å². The maximum absolute atomic E-state index is 5.97. The van der Waals surface area contributed by atoms with E-state index in [1.165, 1.54) is 24.2 Å². The van der Waals surface area contributed by atoms with Crippen LogP contribution in [0.4, 0.5) is 0 Å². The molecule has 3 rings (SSSR count). The number of benzene rings is 1. The Balaban J connectivity index is 1.93. The zero-order valence-electron chi connectivity index (χ0n) is 11.8. The van der Waals surface area contributed by atoms with Crippen LogP contribution in [-0.2, 0) is 17.7 Å². The second-order valence-electron chi connectivity index (χ2n) is 5.52. The van der Waals surface area contributed by atoms with Gasteiger partial charge >= 0.3 is 0 Å². The molecular weight excluding hydrogens is 236 g/mol. The summed E-state index contributed by atoms with van der Waals surface area (Å²) >= 11 is 0. The smallest absolute Gasteiger partial charge is 0.109 e. The van der Waals surface area contributed by atoms with Crippen LogP contribution in [-0.4, -0.2) is 21.8 Å². The van der Waals surface area contributed by atoms with Crippen molar-refractivity contribution in [1.82, 2.24) is 9.55 Å². The topological polar surface area (TPSA) is 27.1 Å². The predicted molar refractivity (Wildman–Crippen MR) is 77.3 cm³/mol. The molecule has 2 heterocycles. The molecular formula is C16H22N2O. The molecule has 0 saturated carbocycles. The minimum atomic E-state index is 0.350. The lowest BCUT2D eigenvalue weighted by molar-refractivity contribution is 0.0459. The summed E-state index contributed by atoms with van der Waals surface area (Å²) in [6.45, 7) is 5.32. The van der Waals surface area contributed by atoms with Crippen molar-refractivity contribution < 1.29 is 4.74 Å². The summed E-state index contributed by atoms with van der Waals surface area (Å²) in [4.78, 5) is 4.77. The van der Waals surface area contributed by atoms with Crippen molar-refractivity contribution in [3.63, 3.8) is 0 Å². The summed E-state index contributed by atoms with van der Waals surface area (Å²) in [5.74, 6) is 1.20. The number of ether oxygens (including phenoxy) is 1. The Morgan fingerprint density at radius 3 is 2.89 bits per heavy atom. The number of para-hydroxylation sites is 2. The summed E-state index contributed by atoms with van der Waals surface area (Å²) in [5, 5.41) is 0. The van der Waals surface area contributed by atoms with Crippen LogP contribution in [0.3, 0.4) is 0 Å². The Hall–Kier alpha value is -1.35. The zero-order chi connectivity index (χ0) is 13.2. The molecule has 0 amide bonds. The largest absolute Gasteiger partial charge is 0.373 e. The third-order valence-corrected chi connectivity index (χ3v) is 3.91. The van der Waals surface area contributed by atoms with E-state index in [9.17, 15) is 0 Å². The molecule has 0 N–H and O–H groups in total. The lowest BCUT2D eigenvalue weighted by Gasteiger charge is -2.15. The van der Waals surface area contributed by atoms with Gasteiger partial charge in [-0.05, 0) is 38.3 Å². The minimum absolute atomic E-state index is 0.350. The molecule has 0 aliphatic carbocycles. The van der Waals surface area contributed by atoms with Gasteiger partial charge in [-0.25, -0.2) is 4.98 Å². The molecule has 0 radical (unpaired) electrons. The van der Waals surface area contributed by atoms with E-state index in [2.05, 4.69) is 42.7 Å². The quantitative estimate of drug-likeness (QED) is 0.838. The van der Waals surface area contributed by atoms with Gasteiger partial charge in [-0.2, -0.15) is 0 Å². The lowest BCUT2D eigenvalue weighted by Crippen LogP contribution is -2.18. The van der Waals surface area contributed by atoms with Crippen molar-refractivity contribution in [2.75, 3.05) is 0 Å². The molecule has 1 aromatic carbocycles. The van der Waals surface area contributed by atoms with Gasteiger partial charge in [0.25, 0.3) is 0 Å². The fourth-order valence-electron chi connectivity index (χ4n) is 2.97. The van der Waals surface area contributed by atoms with Crippen LogP contribution in [0.1, 0.15) is 38.9 Å². The Kier molecular flexibility index (Phi) is 3.56. The van der Waals surface area contributed by atoms with Crippen LogP contribution < -0.4 is 0 Å². The summed E-state index contributed by atoms with van der Waals surface area (Å²) in [5.41, 5.74) is 2.35. The van der Waals surface area contributed by atoms with Crippen molar-refractivity contribution in [3.05, 3.63) is 30.1 Å². The van der Waals surface area contributed by atoms with Gasteiger partial charge in [-0.15, -0.1) is 0 Å². The van der Waals surface area contributed by atoms with Gasteiger partial charge in [0.1, 0.15) is 5.82 Å². The fourth-order valence-corrected chi connectivity index (χ4v) is 2.97. The van der Waals surface area contributed by atoms with Crippen molar-refractivity contribution >= 4 is 11.0 Å². The third kappa shape index (κ3) is 2.52. The molecule has 0 spiro atoms. The minimum Gasteiger partial charge on any atom is -0.373 e. The maximum Gasteiger partial charge on any atom is 0.109 e. The van der Waals surface area contributed by atoms with E-state index in [1.54, 1.807) is 0 Å². The van der Waals surface area contributed by atoms with E-state index >= 15 is 0 Å². The van der Waals surface area contributed by atoms with E-state index in [-0.39, 0.29) is 0 Å². The fraction of sp³-hybridized carbons (Fsp3) is 0.562. The molecule has 2 aromatic rings. The maximum atomic E-state index is 5.97. The number of imidazole rings is 1. The van der Waals surface area contributed by atoms with Crippen LogP contribution >= 0.6 is 0 Å². The first-order chi connectivity index (χ1) is 9.28. The van der Waals surface area contributed by atoms with Gasteiger partial charge in [0, 0.05) is 6.42 Å². The lowest BCUT2D eigenvalue weighted by atomic mass is 10.2. The Bertz CT molecular complexity index is 561. The molecule has 102 valence electrons. The standard InChI is InChI=1S/C16H22N2O/c1-3-6-16-17-14-7-4-5-8-15(14)18(16)11-13-10-9-12(2)19-13/h4-5,7-8,12-13H,3,6,9-11H2,1-2H3. The van der Waals surface area contributed by atoms with E-state index in [1.807, 2.05) is 0 Å². The summed E-state index contributed by atoms with van der Waals surface area (Å²) in [6.07, 6.45) is 5.28. The molecule has 1 saturated heterocycles. The second kappa shape index (κ2) is 5.33. The highest BCUT2D eigenvalue weighted by Crippen LogP contribution is 2.24. The number of hydrogen-bond acceptors (Lipinski definition) is 2. The molecule has 1 aromatic heterocycles. The molecule has 19 heavy (non-hydrogen) atoms. The molecule has 1 aliphatic heterocycles. The van der Waals surface area contributed by atoms with E-state index < -0.39 is 0 Å². The first kappa shape index (κ1) is 12.7. The van der Waals surface area contributed by atoms with Crippen molar-refractivity contribution in [1.29, 1.82) is 0 Å². The first-order valence-corrected chi connectivity index (χ1v) is 7.37. The third-order valence-electron chi connectivity index (χ3n) is 3.91.